The van der Waals surface area contributed by atoms with Gasteiger partial charge in [-0.05, 0) is 106 Å². The Morgan fingerprint density at radius 2 is 0.867 bits per heavy atom. The van der Waals surface area contributed by atoms with Crippen molar-refractivity contribution >= 4 is 55.7 Å². The number of benzene rings is 10. The Hall–Kier alpha value is -7.88. The molecule has 0 saturated carbocycles. The van der Waals surface area contributed by atoms with Gasteiger partial charge < -0.3 is 14.5 Å². The van der Waals surface area contributed by atoms with Crippen LogP contribution in [0.4, 0.5) is 34.1 Å². The van der Waals surface area contributed by atoms with Crippen LogP contribution in [0.1, 0.15) is 22.3 Å². The second-order valence-corrected chi connectivity index (χ2v) is 15.6. The summed E-state index contributed by atoms with van der Waals surface area (Å²) in [6.45, 7) is 0. The van der Waals surface area contributed by atoms with E-state index in [0.29, 0.717) is 0 Å². The first kappa shape index (κ1) is 34.2. The van der Waals surface area contributed by atoms with Crippen LogP contribution < -0.4 is 14.5 Å². The first-order valence-electron chi connectivity index (χ1n) is 20.6. The number of rotatable bonds is 6. The zero-order valence-electron chi connectivity index (χ0n) is 32.7. The van der Waals surface area contributed by atoms with Crippen molar-refractivity contribution in [3.8, 4) is 22.6 Å². The maximum atomic E-state index is 7.01. The van der Waals surface area contributed by atoms with Crippen molar-refractivity contribution in [3.63, 3.8) is 0 Å². The standard InChI is InChI=1S/C57H38N2O/c1-3-21-42(22-4-1)58(43-23-5-2-6-24-43)53-31-16-27-48-47-26-11-12-28-49(47)57(56(48)53)50-29-13-14-32-54(50)60-55-36-35-45(38-51(55)57)59(44-34-33-39-17-7-8-19-41(39)37-44)52-30-15-20-40-18-9-10-25-46(40)52/h1-38H. The predicted octanol–water partition coefficient (Wildman–Crippen LogP) is 15.4. The van der Waals surface area contributed by atoms with E-state index in [4.69, 9.17) is 4.74 Å². The van der Waals surface area contributed by atoms with E-state index >= 15 is 0 Å². The van der Waals surface area contributed by atoms with E-state index in [-0.39, 0.29) is 0 Å². The fraction of sp³-hybridized carbons (Fsp3) is 0.0175. The molecule has 0 N–H and O–H groups in total. The molecule has 3 heteroatoms. The summed E-state index contributed by atoms with van der Waals surface area (Å²) in [5.41, 5.74) is 13.0. The largest absolute Gasteiger partial charge is 0.457 e. The number of hydrogen-bond donors (Lipinski definition) is 0. The molecule has 0 saturated heterocycles. The summed E-state index contributed by atoms with van der Waals surface area (Å²) in [5, 5.41) is 4.78. The normalized spacial score (nSPS) is 14.5. The third-order valence-corrected chi connectivity index (χ3v) is 12.4. The molecule has 10 aromatic carbocycles. The molecule has 1 aliphatic carbocycles. The lowest BCUT2D eigenvalue weighted by Gasteiger charge is -2.42. The van der Waals surface area contributed by atoms with Crippen LogP contribution in [0.3, 0.4) is 0 Å². The van der Waals surface area contributed by atoms with Gasteiger partial charge in [-0.1, -0.05) is 158 Å². The number of para-hydroxylation sites is 3. The first-order valence-corrected chi connectivity index (χ1v) is 20.6. The zero-order chi connectivity index (χ0) is 39.6. The predicted molar refractivity (Wildman–Crippen MR) is 248 cm³/mol. The minimum absolute atomic E-state index is 0.738. The number of hydrogen-bond acceptors (Lipinski definition) is 3. The molecule has 1 aliphatic heterocycles. The van der Waals surface area contributed by atoms with Crippen LogP contribution in [-0.2, 0) is 5.41 Å². The molecule has 0 aromatic heterocycles. The molecule has 2 aliphatic rings. The van der Waals surface area contributed by atoms with Crippen LogP contribution in [-0.4, -0.2) is 0 Å². The molecule has 1 unspecified atom stereocenters. The van der Waals surface area contributed by atoms with E-state index in [1.807, 2.05) is 0 Å². The maximum Gasteiger partial charge on any atom is 0.132 e. The van der Waals surface area contributed by atoms with Crippen LogP contribution in [0.5, 0.6) is 11.5 Å². The molecule has 0 amide bonds. The lowest BCUT2D eigenvalue weighted by atomic mass is 9.65. The Bertz CT molecular complexity index is 3220. The van der Waals surface area contributed by atoms with Gasteiger partial charge in [-0.15, -0.1) is 0 Å². The highest BCUT2D eigenvalue weighted by atomic mass is 16.5. The molecule has 10 aromatic rings. The Morgan fingerprint density at radius 1 is 0.317 bits per heavy atom. The summed E-state index contributed by atoms with van der Waals surface area (Å²) < 4.78 is 7.01. The number of fused-ring (bicyclic) bond motifs is 11. The number of anilines is 6. The maximum absolute atomic E-state index is 7.01. The molecular formula is C57H38N2O. The molecule has 60 heavy (non-hydrogen) atoms. The van der Waals surface area contributed by atoms with E-state index in [9.17, 15) is 0 Å². The van der Waals surface area contributed by atoms with E-state index in [2.05, 4.69) is 240 Å². The van der Waals surface area contributed by atoms with Gasteiger partial charge in [0.25, 0.3) is 0 Å². The average molecular weight is 767 g/mol. The summed E-state index contributed by atoms with van der Waals surface area (Å²) in [6, 6.07) is 83.5. The highest BCUT2D eigenvalue weighted by Gasteiger charge is 2.53. The van der Waals surface area contributed by atoms with Gasteiger partial charge in [-0.25, -0.2) is 0 Å². The molecule has 0 radical (unpaired) electrons. The van der Waals surface area contributed by atoms with Crippen LogP contribution >= 0.6 is 0 Å². The Labute approximate surface area is 349 Å². The topological polar surface area (TPSA) is 15.7 Å². The molecule has 1 atom stereocenters. The highest BCUT2D eigenvalue weighted by Crippen LogP contribution is 2.65. The zero-order valence-corrected chi connectivity index (χ0v) is 32.7. The van der Waals surface area contributed by atoms with Crippen LogP contribution in [0.2, 0.25) is 0 Å². The van der Waals surface area contributed by atoms with Crippen molar-refractivity contribution in [2.75, 3.05) is 9.80 Å². The van der Waals surface area contributed by atoms with Gasteiger partial charge in [-0.3, -0.25) is 0 Å². The van der Waals surface area contributed by atoms with Crippen LogP contribution in [0.15, 0.2) is 231 Å². The minimum atomic E-state index is -0.738. The molecule has 3 nitrogen and oxygen atoms in total. The third-order valence-electron chi connectivity index (χ3n) is 12.4. The molecule has 1 spiro atoms. The van der Waals surface area contributed by atoms with Crippen molar-refractivity contribution in [2.24, 2.45) is 0 Å². The van der Waals surface area contributed by atoms with Gasteiger partial charge in [0.2, 0.25) is 0 Å². The SMILES string of the molecule is c1ccc(N(c2ccccc2)c2cccc3c2C2(c4ccccc4Oc4ccc(N(c5ccc6ccccc6c5)c5cccc6ccccc56)cc42)c2ccccc2-3)cc1. The van der Waals surface area contributed by atoms with Gasteiger partial charge in [0, 0.05) is 44.8 Å². The number of ether oxygens (including phenoxy) is 1. The highest BCUT2D eigenvalue weighted by molar-refractivity contribution is 6.01. The Balaban J connectivity index is 1.18. The smallest absolute Gasteiger partial charge is 0.132 e. The quantitative estimate of drug-likeness (QED) is 0.168. The fourth-order valence-corrected chi connectivity index (χ4v) is 9.98. The van der Waals surface area contributed by atoms with Crippen molar-refractivity contribution < 1.29 is 4.74 Å². The fourth-order valence-electron chi connectivity index (χ4n) is 9.98. The van der Waals surface area contributed by atoms with E-state index in [1.54, 1.807) is 0 Å². The summed E-state index contributed by atoms with van der Waals surface area (Å²) in [5.74, 6) is 1.71. The van der Waals surface area contributed by atoms with Gasteiger partial charge in [-0.2, -0.15) is 0 Å². The molecular weight excluding hydrogens is 729 g/mol. The van der Waals surface area contributed by atoms with Crippen molar-refractivity contribution in [1.29, 1.82) is 0 Å². The monoisotopic (exact) mass is 766 g/mol. The second kappa shape index (κ2) is 13.6. The van der Waals surface area contributed by atoms with Crippen LogP contribution in [0.25, 0.3) is 32.7 Å². The molecule has 0 bridgehead atoms. The Morgan fingerprint density at radius 3 is 1.68 bits per heavy atom. The summed E-state index contributed by atoms with van der Waals surface area (Å²) in [7, 11) is 0. The third kappa shape index (κ3) is 5.09. The average Bonchev–Trinajstić information content (AvgIpc) is 3.61. The van der Waals surface area contributed by atoms with Crippen molar-refractivity contribution in [2.45, 2.75) is 5.41 Å². The summed E-state index contributed by atoms with van der Waals surface area (Å²) in [4.78, 5) is 4.85. The molecule has 12 rings (SSSR count). The lowest BCUT2D eigenvalue weighted by Crippen LogP contribution is -2.33. The molecule has 0 fully saturated rings. The number of nitrogens with zero attached hydrogens (tertiary/aromatic N) is 2. The van der Waals surface area contributed by atoms with E-state index in [1.165, 1.54) is 43.8 Å². The van der Waals surface area contributed by atoms with Gasteiger partial charge in [0.15, 0.2) is 0 Å². The second-order valence-electron chi connectivity index (χ2n) is 15.6. The van der Waals surface area contributed by atoms with Crippen molar-refractivity contribution in [1.82, 2.24) is 0 Å². The Kier molecular flexibility index (Phi) is 7.76. The van der Waals surface area contributed by atoms with E-state index in [0.717, 1.165) is 56.8 Å². The van der Waals surface area contributed by atoms with E-state index < -0.39 is 5.41 Å². The first-order chi connectivity index (χ1) is 29.8. The van der Waals surface area contributed by atoms with Gasteiger partial charge in [0.1, 0.15) is 11.5 Å². The van der Waals surface area contributed by atoms with Crippen molar-refractivity contribution in [3.05, 3.63) is 253 Å². The minimum Gasteiger partial charge on any atom is -0.457 e. The molecule has 282 valence electrons. The van der Waals surface area contributed by atoms with Crippen LogP contribution in [0, 0.1) is 0 Å². The molecule has 1 heterocycles. The summed E-state index contributed by atoms with van der Waals surface area (Å²) in [6.07, 6.45) is 0. The lowest BCUT2D eigenvalue weighted by molar-refractivity contribution is 0.436. The van der Waals surface area contributed by atoms with Gasteiger partial charge in [0.05, 0.1) is 16.8 Å². The summed E-state index contributed by atoms with van der Waals surface area (Å²) >= 11 is 0. The van der Waals surface area contributed by atoms with Gasteiger partial charge >= 0.3 is 0 Å².